The maximum Gasteiger partial charge on any atom is 0.135 e. The van der Waals surface area contributed by atoms with E-state index in [1.165, 1.54) is 25.7 Å². The standard InChI is InChI=1S/C14H20ClN3O/c1-19-7-6-14(4-5-14)9-16-12-8-11(15)17-13(18-12)10-2-3-10/h8,10H,2-7,9H2,1H3,(H,16,17,18). The van der Waals surface area contributed by atoms with Gasteiger partial charge in [0.25, 0.3) is 0 Å². The van der Waals surface area contributed by atoms with Gasteiger partial charge in [-0.25, -0.2) is 9.97 Å². The molecule has 1 heterocycles. The lowest BCUT2D eigenvalue weighted by molar-refractivity contribution is 0.175. The SMILES string of the molecule is COCCC1(CNc2cc(Cl)nc(C3CC3)n2)CC1. The molecule has 0 bridgehead atoms. The van der Waals surface area contributed by atoms with Gasteiger partial charge in [0.05, 0.1) is 0 Å². The molecule has 0 aromatic carbocycles. The van der Waals surface area contributed by atoms with E-state index >= 15 is 0 Å². The number of hydrogen-bond acceptors (Lipinski definition) is 4. The van der Waals surface area contributed by atoms with Gasteiger partial charge in [0.2, 0.25) is 0 Å². The Kier molecular flexibility index (Phi) is 3.63. The highest BCUT2D eigenvalue weighted by molar-refractivity contribution is 6.29. The van der Waals surface area contributed by atoms with Gasteiger partial charge in [-0.3, -0.25) is 0 Å². The molecule has 4 nitrogen and oxygen atoms in total. The van der Waals surface area contributed by atoms with Crippen LogP contribution in [0.3, 0.4) is 0 Å². The first-order chi connectivity index (χ1) is 9.21. The molecule has 0 unspecified atom stereocenters. The van der Waals surface area contributed by atoms with Crippen LogP contribution in [0, 0.1) is 5.41 Å². The van der Waals surface area contributed by atoms with Gasteiger partial charge >= 0.3 is 0 Å². The van der Waals surface area contributed by atoms with E-state index < -0.39 is 0 Å². The minimum absolute atomic E-state index is 0.410. The van der Waals surface area contributed by atoms with Gasteiger partial charge in [0.1, 0.15) is 16.8 Å². The number of methoxy groups -OCH3 is 1. The van der Waals surface area contributed by atoms with Crippen molar-refractivity contribution in [2.45, 2.75) is 38.0 Å². The molecule has 104 valence electrons. The summed E-state index contributed by atoms with van der Waals surface area (Å²) in [6.45, 7) is 1.79. The monoisotopic (exact) mass is 281 g/mol. The Morgan fingerprint density at radius 2 is 2.21 bits per heavy atom. The molecule has 1 N–H and O–H groups in total. The summed E-state index contributed by atoms with van der Waals surface area (Å²) in [7, 11) is 1.76. The van der Waals surface area contributed by atoms with Crippen LogP contribution in [0.2, 0.25) is 5.15 Å². The molecule has 0 atom stereocenters. The van der Waals surface area contributed by atoms with Crippen LogP contribution in [0.5, 0.6) is 0 Å². The van der Waals surface area contributed by atoms with Gasteiger partial charge in [0.15, 0.2) is 0 Å². The largest absolute Gasteiger partial charge is 0.385 e. The third-order valence-corrected chi connectivity index (χ3v) is 4.29. The fourth-order valence-corrected chi connectivity index (χ4v) is 2.53. The van der Waals surface area contributed by atoms with Crippen LogP contribution in [-0.2, 0) is 4.74 Å². The summed E-state index contributed by atoms with van der Waals surface area (Å²) in [6, 6.07) is 1.82. The second kappa shape index (κ2) is 5.25. The van der Waals surface area contributed by atoms with Crippen LogP contribution in [0.4, 0.5) is 5.82 Å². The zero-order chi connectivity index (χ0) is 13.3. The fourth-order valence-electron chi connectivity index (χ4n) is 2.34. The second-order valence-electron chi connectivity index (χ2n) is 5.80. The summed E-state index contributed by atoms with van der Waals surface area (Å²) in [6.07, 6.45) is 6.05. The van der Waals surface area contributed by atoms with Crippen LogP contribution in [0.1, 0.15) is 43.8 Å². The molecule has 0 amide bonds. The van der Waals surface area contributed by atoms with Gasteiger partial charge in [-0.05, 0) is 37.5 Å². The molecule has 1 aromatic heterocycles. The lowest BCUT2D eigenvalue weighted by Crippen LogP contribution is -2.18. The predicted octanol–water partition coefficient (Wildman–Crippen LogP) is 3.24. The van der Waals surface area contributed by atoms with E-state index in [1.54, 1.807) is 7.11 Å². The zero-order valence-electron chi connectivity index (χ0n) is 11.3. The number of anilines is 1. The lowest BCUT2D eigenvalue weighted by atomic mass is 10.0. The first-order valence-corrected chi connectivity index (χ1v) is 7.36. The van der Waals surface area contributed by atoms with Gasteiger partial charge in [-0.15, -0.1) is 0 Å². The van der Waals surface area contributed by atoms with E-state index in [0.29, 0.717) is 16.5 Å². The number of aromatic nitrogens is 2. The van der Waals surface area contributed by atoms with Crippen molar-refractivity contribution < 1.29 is 4.74 Å². The maximum atomic E-state index is 6.06. The smallest absolute Gasteiger partial charge is 0.135 e. The Hall–Kier alpha value is -0.870. The molecule has 1 aromatic rings. The van der Waals surface area contributed by atoms with Crippen LogP contribution < -0.4 is 5.32 Å². The van der Waals surface area contributed by atoms with Crippen molar-refractivity contribution in [3.8, 4) is 0 Å². The van der Waals surface area contributed by atoms with Gasteiger partial charge < -0.3 is 10.1 Å². The van der Waals surface area contributed by atoms with Crippen LogP contribution in [0.25, 0.3) is 0 Å². The van der Waals surface area contributed by atoms with Crippen LogP contribution >= 0.6 is 11.6 Å². The van der Waals surface area contributed by atoms with Crippen LogP contribution in [-0.4, -0.2) is 30.2 Å². The first-order valence-electron chi connectivity index (χ1n) is 6.98. The summed E-state index contributed by atoms with van der Waals surface area (Å²) >= 11 is 6.06. The molecule has 2 aliphatic rings. The van der Waals surface area contributed by atoms with Crippen molar-refractivity contribution in [2.24, 2.45) is 5.41 Å². The first kappa shape index (κ1) is 13.1. The number of nitrogens with zero attached hydrogens (tertiary/aromatic N) is 2. The Morgan fingerprint density at radius 1 is 1.42 bits per heavy atom. The van der Waals surface area contributed by atoms with Gasteiger partial charge in [-0.2, -0.15) is 0 Å². The third-order valence-electron chi connectivity index (χ3n) is 4.09. The van der Waals surface area contributed by atoms with Crippen molar-refractivity contribution in [3.63, 3.8) is 0 Å². The molecule has 2 saturated carbocycles. The number of nitrogens with one attached hydrogen (secondary N) is 1. The van der Waals surface area contributed by atoms with Gasteiger partial charge in [0, 0.05) is 32.2 Å². The van der Waals surface area contributed by atoms with E-state index in [9.17, 15) is 0 Å². The van der Waals surface area contributed by atoms with E-state index in [-0.39, 0.29) is 0 Å². The summed E-state index contributed by atoms with van der Waals surface area (Å²) < 4.78 is 5.17. The predicted molar refractivity (Wildman–Crippen MR) is 75.7 cm³/mol. The number of hydrogen-bond donors (Lipinski definition) is 1. The normalized spacial score (nSPS) is 20.3. The summed E-state index contributed by atoms with van der Waals surface area (Å²) in [5, 5.41) is 3.97. The Labute approximate surface area is 118 Å². The molecule has 19 heavy (non-hydrogen) atoms. The maximum absolute atomic E-state index is 6.06. The summed E-state index contributed by atoms with van der Waals surface area (Å²) in [5.41, 5.74) is 0.410. The van der Waals surface area contributed by atoms with Crippen molar-refractivity contribution >= 4 is 17.4 Å². The summed E-state index contributed by atoms with van der Waals surface area (Å²) in [5.74, 6) is 2.30. The fraction of sp³-hybridized carbons (Fsp3) is 0.714. The molecule has 5 heteroatoms. The molecule has 2 fully saturated rings. The van der Waals surface area contributed by atoms with Crippen molar-refractivity contribution in [3.05, 3.63) is 17.0 Å². The third kappa shape index (κ3) is 3.37. The highest BCUT2D eigenvalue weighted by Crippen LogP contribution is 2.48. The molecule has 0 spiro atoms. The van der Waals surface area contributed by atoms with E-state index in [1.807, 2.05) is 6.07 Å². The molecule has 0 saturated heterocycles. The summed E-state index contributed by atoms with van der Waals surface area (Å²) in [4.78, 5) is 8.87. The zero-order valence-corrected chi connectivity index (χ0v) is 12.0. The molecule has 0 radical (unpaired) electrons. The molecule has 3 rings (SSSR count). The molecule has 0 aliphatic heterocycles. The highest BCUT2D eigenvalue weighted by atomic mass is 35.5. The second-order valence-corrected chi connectivity index (χ2v) is 6.19. The molecular weight excluding hydrogens is 262 g/mol. The lowest BCUT2D eigenvalue weighted by Gasteiger charge is -2.16. The van der Waals surface area contributed by atoms with E-state index in [2.05, 4.69) is 15.3 Å². The number of halogens is 1. The average Bonchev–Trinajstić information content (AvgIpc) is 3.27. The molecular formula is C14H20ClN3O. The Morgan fingerprint density at radius 3 is 2.84 bits per heavy atom. The van der Waals surface area contributed by atoms with Gasteiger partial charge in [-0.1, -0.05) is 11.6 Å². The Balaban J connectivity index is 1.60. The van der Waals surface area contributed by atoms with Crippen molar-refractivity contribution in [1.29, 1.82) is 0 Å². The topological polar surface area (TPSA) is 47.0 Å². The number of rotatable bonds is 7. The quantitative estimate of drug-likeness (QED) is 0.780. The van der Waals surface area contributed by atoms with Crippen molar-refractivity contribution in [1.82, 2.24) is 9.97 Å². The van der Waals surface area contributed by atoms with Crippen LogP contribution in [0.15, 0.2) is 6.07 Å². The minimum Gasteiger partial charge on any atom is -0.385 e. The van der Waals surface area contributed by atoms with Crippen molar-refractivity contribution in [2.75, 3.05) is 25.6 Å². The average molecular weight is 282 g/mol. The molecule has 2 aliphatic carbocycles. The number of ether oxygens (including phenoxy) is 1. The minimum atomic E-state index is 0.410. The van der Waals surface area contributed by atoms with E-state index in [4.69, 9.17) is 16.3 Å². The van der Waals surface area contributed by atoms with E-state index in [0.717, 1.165) is 31.2 Å². The Bertz CT molecular complexity index is 458. The highest BCUT2D eigenvalue weighted by Gasteiger charge is 2.41.